The van der Waals surface area contributed by atoms with Crippen molar-refractivity contribution in [3.05, 3.63) is 66.7 Å². The van der Waals surface area contributed by atoms with Crippen molar-refractivity contribution in [1.82, 2.24) is 0 Å². The van der Waals surface area contributed by atoms with Crippen molar-refractivity contribution in [2.75, 3.05) is 19.0 Å². The first-order chi connectivity index (χ1) is 10.8. The van der Waals surface area contributed by atoms with Crippen LogP contribution in [-0.2, 0) is 9.53 Å². The van der Waals surface area contributed by atoms with Crippen LogP contribution in [0.3, 0.4) is 0 Å². The fraction of sp³-hybridized carbons (Fsp3) is 0.105. The molecule has 0 fully saturated rings. The van der Waals surface area contributed by atoms with Crippen molar-refractivity contribution in [2.24, 2.45) is 0 Å². The quantitative estimate of drug-likeness (QED) is 0.736. The van der Waals surface area contributed by atoms with Crippen LogP contribution in [0.1, 0.15) is 0 Å². The van der Waals surface area contributed by atoms with Crippen LogP contribution in [0.15, 0.2) is 66.7 Å². The van der Waals surface area contributed by atoms with Crippen LogP contribution in [0, 0.1) is 0 Å². The zero-order chi connectivity index (χ0) is 15.4. The number of rotatable bonds is 4. The Labute approximate surface area is 129 Å². The molecule has 3 heteroatoms. The number of hydrogen-bond acceptors (Lipinski definition) is 3. The van der Waals surface area contributed by atoms with Gasteiger partial charge in [0.1, 0.15) is 6.54 Å². The van der Waals surface area contributed by atoms with E-state index >= 15 is 0 Å². The number of hydrogen-bond donors (Lipinski definition) is 1. The van der Waals surface area contributed by atoms with E-state index in [0.29, 0.717) is 0 Å². The van der Waals surface area contributed by atoms with Crippen molar-refractivity contribution in [3.63, 3.8) is 0 Å². The van der Waals surface area contributed by atoms with Gasteiger partial charge in [0.15, 0.2) is 0 Å². The molecule has 0 aromatic heterocycles. The molecule has 0 spiro atoms. The Balaban J connectivity index is 2.06. The van der Waals surface area contributed by atoms with Crippen LogP contribution in [0.25, 0.3) is 21.9 Å². The van der Waals surface area contributed by atoms with Crippen molar-refractivity contribution in [2.45, 2.75) is 0 Å². The van der Waals surface area contributed by atoms with Gasteiger partial charge in [0.05, 0.1) is 7.11 Å². The monoisotopic (exact) mass is 291 g/mol. The lowest BCUT2D eigenvalue weighted by molar-refractivity contribution is -0.138. The largest absolute Gasteiger partial charge is 0.468 e. The Morgan fingerprint density at radius 2 is 1.59 bits per heavy atom. The molecule has 0 unspecified atom stereocenters. The van der Waals surface area contributed by atoms with Gasteiger partial charge in [-0.05, 0) is 22.6 Å². The predicted molar refractivity (Wildman–Crippen MR) is 89.9 cm³/mol. The summed E-state index contributed by atoms with van der Waals surface area (Å²) in [6.07, 6.45) is 0. The second-order valence-electron chi connectivity index (χ2n) is 5.00. The van der Waals surface area contributed by atoms with Crippen molar-refractivity contribution >= 4 is 22.4 Å². The summed E-state index contributed by atoms with van der Waals surface area (Å²) in [6, 6.07) is 22.6. The average Bonchev–Trinajstić information content (AvgIpc) is 2.60. The molecule has 0 radical (unpaired) electrons. The molecular formula is C19H17NO2. The van der Waals surface area contributed by atoms with E-state index in [2.05, 4.69) is 40.4 Å². The molecule has 3 rings (SSSR count). The summed E-state index contributed by atoms with van der Waals surface area (Å²) >= 11 is 0. The number of nitrogens with one attached hydrogen (secondary N) is 1. The molecular weight excluding hydrogens is 274 g/mol. The van der Waals surface area contributed by atoms with Gasteiger partial charge in [-0.3, -0.25) is 4.79 Å². The average molecular weight is 291 g/mol. The van der Waals surface area contributed by atoms with E-state index in [0.717, 1.165) is 16.5 Å². The molecule has 0 amide bonds. The van der Waals surface area contributed by atoms with Crippen LogP contribution in [-0.4, -0.2) is 19.6 Å². The summed E-state index contributed by atoms with van der Waals surface area (Å²) in [4.78, 5) is 11.3. The lowest BCUT2D eigenvalue weighted by Crippen LogP contribution is -2.15. The minimum absolute atomic E-state index is 0.158. The van der Waals surface area contributed by atoms with E-state index in [1.54, 1.807) is 0 Å². The third kappa shape index (κ3) is 2.79. The maximum absolute atomic E-state index is 11.3. The minimum atomic E-state index is -0.281. The van der Waals surface area contributed by atoms with Crippen molar-refractivity contribution < 1.29 is 9.53 Å². The summed E-state index contributed by atoms with van der Waals surface area (Å²) in [5.41, 5.74) is 3.29. The lowest BCUT2D eigenvalue weighted by Gasteiger charge is -2.13. The predicted octanol–water partition coefficient (Wildman–Crippen LogP) is 4.09. The van der Waals surface area contributed by atoms with E-state index < -0.39 is 0 Å². The summed E-state index contributed by atoms with van der Waals surface area (Å²) in [6.45, 7) is 0.158. The van der Waals surface area contributed by atoms with E-state index in [1.165, 1.54) is 18.2 Å². The summed E-state index contributed by atoms with van der Waals surface area (Å²) in [5, 5.41) is 5.39. The topological polar surface area (TPSA) is 38.3 Å². The van der Waals surface area contributed by atoms with Crippen LogP contribution in [0.4, 0.5) is 5.69 Å². The summed E-state index contributed by atoms with van der Waals surface area (Å²) in [7, 11) is 1.39. The number of anilines is 1. The highest BCUT2D eigenvalue weighted by Crippen LogP contribution is 2.33. The first-order valence-electron chi connectivity index (χ1n) is 7.17. The molecule has 0 aliphatic carbocycles. The minimum Gasteiger partial charge on any atom is -0.468 e. The van der Waals surface area contributed by atoms with Gasteiger partial charge in [-0.1, -0.05) is 60.7 Å². The normalized spacial score (nSPS) is 10.4. The molecule has 22 heavy (non-hydrogen) atoms. The van der Waals surface area contributed by atoms with E-state index in [-0.39, 0.29) is 12.5 Å². The van der Waals surface area contributed by atoms with Crippen molar-refractivity contribution in [1.29, 1.82) is 0 Å². The molecule has 0 aliphatic rings. The van der Waals surface area contributed by atoms with E-state index in [9.17, 15) is 4.79 Å². The second kappa shape index (κ2) is 6.31. The van der Waals surface area contributed by atoms with Crippen molar-refractivity contribution in [3.8, 4) is 11.1 Å². The van der Waals surface area contributed by atoms with Gasteiger partial charge < -0.3 is 10.1 Å². The van der Waals surface area contributed by atoms with E-state index in [1.807, 2.05) is 36.4 Å². The molecule has 3 nitrogen and oxygen atoms in total. The molecule has 0 heterocycles. The number of carbonyl (C=O) groups is 1. The lowest BCUT2D eigenvalue weighted by atomic mass is 9.97. The summed E-state index contributed by atoms with van der Waals surface area (Å²) < 4.78 is 4.68. The Morgan fingerprint density at radius 3 is 2.32 bits per heavy atom. The highest BCUT2D eigenvalue weighted by molar-refractivity contribution is 6.03. The number of carbonyl (C=O) groups excluding carboxylic acids is 1. The molecule has 3 aromatic rings. The molecule has 0 atom stereocenters. The summed E-state index contributed by atoms with van der Waals surface area (Å²) in [5.74, 6) is -0.281. The molecule has 0 aliphatic heterocycles. The number of methoxy groups -OCH3 is 1. The van der Waals surface area contributed by atoms with Crippen LogP contribution in [0.2, 0.25) is 0 Å². The molecule has 0 bridgehead atoms. The van der Waals surface area contributed by atoms with Gasteiger partial charge >= 0.3 is 5.97 Å². The second-order valence-corrected chi connectivity index (χ2v) is 5.00. The number of ether oxygens (including phenoxy) is 1. The Morgan fingerprint density at radius 1 is 0.909 bits per heavy atom. The fourth-order valence-electron chi connectivity index (χ4n) is 2.56. The maximum atomic E-state index is 11.3. The number of fused-ring (bicyclic) bond motifs is 1. The van der Waals surface area contributed by atoms with Gasteiger partial charge in [-0.15, -0.1) is 0 Å². The molecule has 1 N–H and O–H groups in total. The molecule has 110 valence electrons. The smallest absolute Gasteiger partial charge is 0.325 e. The number of esters is 1. The first kappa shape index (κ1) is 14.1. The standard InChI is InChI=1S/C19H17NO2/c1-22-19(21)13-20-18-12-11-15(14-7-3-2-4-8-14)16-9-5-6-10-17(16)18/h2-12,20H,13H2,1H3. The van der Waals surface area contributed by atoms with Crippen LogP contribution in [0.5, 0.6) is 0 Å². The van der Waals surface area contributed by atoms with Gasteiger partial charge in [0.25, 0.3) is 0 Å². The maximum Gasteiger partial charge on any atom is 0.325 e. The highest BCUT2D eigenvalue weighted by atomic mass is 16.5. The zero-order valence-corrected chi connectivity index (χ0v) is 12.4. The first-order valence-corrected chi connectivity index (χ1v) is 7.17. The molecule has 3 aromatic carbocycles. The third-order valence-electron chi connectivity index (χ3n) is 3.66. The van der Waals surface area contributed by atoms with Crippen LogP contribution >= 0.6 is 0 Å². The zero-order valence-electron chi connectivity index (χ0n) is 12.4. The molecule has 0 saturated carbocycles. The van der Waals surface area contributed by atoms with E-state index in [4.69, 9.17) is 0 Å². The Hall–Kier alpha value is -2.81. The fourth-order valence-corrected chi connectivity index (χ4v) is 2.56. The molecule has 0 saturated heterocycles. The SMILES string of the molecule is COC(=O)CNc1ccc(-c2ccccc2)c2ccccc12. The van der Waals surface area contributed by atoms with Crippen LogP contribution < -0.4 is 5.32 Å². The number of benzene rings is 3. The Kier molecular flexibility index (Phi) is 4.05. The Bertz CT molecular complexity index is 797. The van der Waals surface area contributed by atoms with Gasteiger partial charge in [0, 0.05) is 11.1 Å². The van der Waals surface area contributed by atoms with Gasteiger partial charge in [0.2, 0.25) is 0 Å². The van der Waals surface area contributed by atoms with Gasteiger partial charge in [-0.25, -0.2) is 0 Å². The third-order valence-corrected chi connectivity index (χ3v) is 3.66. The van der Waals surface area contributed by atoms with Gasteiger partial charge in [-0.2, -0.15) is 0 Å². The highest BCUT2D eigenvalue weighted by Gasteiger charge is 2.08.